The first-order valence-electron chi connectivity index (χ1n) is 5.00. The first-order valence-corrected chi connectivity index (χ1v) is 5.00. The molecule has 1 rings (SSSR count). The number of likely N-dealkylation sites (tertiary alicyclic amines) is 1. The van der Waals surface area contributed by atoms with Crippen molar-refractivity contribution in [1.82, 2.24) is 4.90 Å². The second-order valence-electron chi connectivity index (χ2n) is 3.97. The molecule has 3 nitrogen and oxygen atoms in total. The van der Waals surface area contributed by atoms with E-state index in [0.29, 0.717) is 12.5 Å². The Hall–Kier alpha value is -1.01. The van der Waals surface area contributed by atoms with Gasteiger partial charge in [0.1, 0.15) is 0 Å². The third kappa shape index (κ3) is 2.74. The molecule has 0 aromatic heterocycles. The van der Waals surface area contributed by atoms with Gasteiger partial charge in [-0.1, -0.05) is 12.8 Å². The first-order chi connectivity index (χ1) is 6.67. The molecule has 1 fully saturated rings. The van der Waals surface area contributed by atoms with Crippen molar-refractivity contribution in [2.75, 3.05) is 19.7 Å². The summed E-state index contributed by atoms with van der Waals surface area (Å²) in [6, 6.07) is 0. The normalized spacial score (nSPS) is 26.6. The number of amides is 1. The molecule has 1 aliphatic rings. The number of aliphatic hydroxyl groups excluding tert-OH is 1. The predicted molar refractivity (Wildman–Crippen MR) is 54.4 cm³/mol. The van der Waals surface area contributed by atoms with Gasteiger partial charge in [0.25, 0.3) is 5.91 Å². The molecule has 0 aromatic carbocycles. The molecule has 0 aromatic rings. The zero-order chi connectivity index (χ0) is 10.6. The largest absolute Gasteiger partial charge is 0.396 e. The maximum atomic E-state index is 11.5. The third-order valence-corrected chi connectivity index (χ3v) is 2.52. The standard InChI is InChI=1S/C11H17NO2/c1-3-4-11(14)12-6-9(2)5-10(7-12)8-13/h9-10,13H,5-8H2,1-2H3. The molecule has 1 saturated heterocycles. The number of piperidine rings is 1. The van der Waals surface area contributed by atoms with E-state index in [-0.39, 0.29) is 18.4 Å². The number of carbonyl (C=O) groups is 1. The van der Waals surface area contributed by atoms with Crippen LogP contribution in [-0.2, 0) is 4.79 Å². The van der Waals surface area contributed by atoms with Crippen LogP contribution in [0.4, 0.5) is 0 Å². The monoisotopic (exact) mass is 195 g/mol. The van der Waals surface area contributed by atoms with Crippen molar-refractivity contribution in [2.45, 2.75) is 20.3 Å². The molecule has 1 heterocycles. The van der Waals surface area contributed by atoms with Crippen LogP contribution in [0.15, 0.2) is 0 Å². The van der Waals surface area contributed by atoms with E-state index in [4.69, 9.17) is 5.11 Å². The molecule has 1 amide bonds. The highest BCUT2D eigenvalue weighted by Gasteiger charge is 2.26. The number of carbonyl (C=O) groups excluding carboxylic acids is 1. The summed E-state index contributed by atoms with van der Waals surface area (Å²) in [4.78, 5) is 13.2. The average Bonchev–Trinajstić information content (AvgIpc) is 2.17. The maximum Gasteiger partial charge on any atom is 0.298 e. The lowest BCUT2D eigenvalue weighted by molar-refractivity contribution is -0.128. The van der Waals surface area contributed by atoms with Gasteiger partial charge >= 0.3 is 0 Å². The van der Waals surface area contributed by atoms with Gasteiger partial charge in [-0.2, -0.15) is 0 Å². The molecule has 0 saturated carbocycles. The summed E-state index contributed by atoms with van der Waals surface area (Å²) in [7, 11) is 0. The van der Waals surface area contributed by atoms with E-state index >= 15 is 0 Å². The molecular formula is C11H17NO2. The van der Waals surface area contributed by atoms with Gasteiger partial charge in [-0.05, 0) is 31.1 Å². The quantitative estimate of drug-likeness (QED) is 0.618. The summed E-state index contributed by atoms with van der Waals surface area (Å²) in [5, 5.41) is 9.06. The minimum atomic E-state index is -0.113. The Kier molecular flexibility index (Phi) is 3.97. The van der Waals surface area contributed by atoms with Crippen molar-refractivity contribution < 1.29 is 9.90 Å². The molecule has 0 radical (unpaired) electrons. The molecule has 78 valence electrons. The SMILES string of the molecule is CC#CC(=O)N1CC(C)CC(CO)C1. The van der Waals surface area contributed by atoms with Gasteiger partial charge in [-0.25, -0.2) is 0 Å². The molecule has 2 unspecified atom stereocenters. The van der Waals surface area contributed by atoms with E-state index in [0.717, 1.165) is 13.0 Å². The zero-order valence-corrected chi connectivity index (χ0v) is 8.79. The van der Waals surface area contributed by atoms with Gasteiger partial charge < -0.3 is 10.0 Å². The molecule has 0 aliphatic carbocycles. The fourth-order valence-corrected chi connectivity index (χ4v) is 1.96. The maximum absolute atomic E-state index is 11.5. The Morgan fingerprint density at radius 3 is 2.86 bits per heavy atom. The van der Waals surface area contributed by atoms with E-state index in [9.17, 15) is 4.79 Å². The Morgan fingerprint density at radius 1 is 1.57 bits per heavy atom. The van der Waals surface area contributed by atoms with Crippen LogP contribution in [0.2, 0.25) is 0 Å². The van der Waals surface area contributed by atoms with Crippen LogP contribution in [0.3, 0.4) is 0 Å². The highest BCUT2D eigenvalue weighted by atomic mass is 16.3. The van der Waals surface area contributed by atoms with Gasteiger partial charge in [0, 0.05) is 19.7 Å². The number of nitrogens with zero attached hydrogens (tertiary/aromatic N) is 1. The van der Waals surface area contributed by atoms with Crippen LogP contribution < -0.4 is 0 Å². The zero-order valence-electron chi connectivity index (χ0n) is 8.79. The Bertz CT molecular complexity index is 264. The van der Waals surface area contributed by atoms with E-state index < -0.39 is 0 Å². The number of hydrogen-bond acceptors (Lipinski definition) is 2. The van der Waals surface area contributed by atoms with E-state index in [1.807, 2.05) is 0 Å². The summed E-state index contributed by atoms with van der Waals surface area (Å²) in [6.45, 7) is 5.34. The molecule has 1 aliphatic heterocycles. The summed E-state index contributed by atoms with van der Waals surface area (Å²) in [6.07, 6.45) is 1.000. The molecule has 0 spiro atoms. The molecular weight excluding hydrogens is 178 g/mol. The fraction of sp³-hybridized carbons (Fsp3) is 0.727. The molecule has 1 N–H and O–H groups in total. The second-order valence-corrected chi connectivity index (χ2v) is 3.97. The summed E-state index contributed by atoms with van der Waals surface area (Å²) < 4.78 is 0. The summed E-state index contributed by atoms with van der Waals surface area (Å²) >= 11 is 0. The van der Waals surface area contributed by atoms with Crippen molar-refractivity contribution >= 4 is 5.91 Å². The smallest absolute Gasteiger partial charge is 0.298 e. The molecule has 0 bridgehead atoms. The highest BCUT2D eigenvalue weighted by Crippen LogP contribution is 2.20. The minimum absolute atomic E-state index is 0.113. The molecule has 14 heavy (non-hydrogen) atoms. The van der Waals surface area contributed by atoms with Crippen molar-refractivity contribution in [3.05, 3.63) is 0 Å². The van der Waals surface area contributed by atoms with Crippen LogP contribution in [0.5, 0.6) is 0 Å². The van der Waals surface area contributed by atoms with Gasteiger partial charge in [-0.3, -0.25) is 4.79 Å². The second kappa shape index (κ2) is 5.02. The minimum Gasteiger partial charge on any atom is -0.396 e. The van der Waals surface area contributed by atoms with Crippen LogP contribution in [0.1, 0.15) is 20.3 Å². The van der Waals surface area contributed by atoms with E-state index in [1.165, 1.54) is 0 Å². The lowest BCUT2D eigenvalue weighted by atomic mass is 9.91. The first kappa shape index (κ1) is 11.1. The van der Waals surface area contributed by atoms with Crippen LogP contribution in [0, 0.1) is 23.7 Å². The van der Waals surface area contributed by atoms with Gasteiger partial charge in [0.15, 0.2) is 0 Å². The number of rotatable bonds is 1. The van der Waals surface area contributed by atoms with Gasteiger partial charge in [-0.15, -0.1) is 0 Å². The van der Waals surface area contributed by atoms with Crippen molar-refractivity contribution in [3.8, 4) is 11.8 Å². The van der Waals surface area contributed by atoms with Crippen molar-refractivity contribution in [3.63, 3.8) is 0 Å². The number of aliphatic hydroxyl groups is 1. The van der Waals surface area contributed by atoms with Crippen LogP contribution in [-0.4, -0.2) is 35.6 Å². The fourth-order valence-electron chi connectivity index (χ4n) is 1.96. The topological polar surface area (TPSA) is 40.5 Å². The highest BCUT2D eigenvalue weighted by molar-refractivity contribution is 5.93. The van der Waals surface area contributed by atoms with E-state index in [2.05, 4.69) is 18.8 Å². The Labute approximate surface area is 85.1 Å². The summed E-state index contributed by atoms with van der Waals surface area (Å²) in [5.41, 5.74) is 0. The molecule has 2 atom stereocenters. The van der Waals surface area contributed by atoms with Crippen LogP contribution >= 0.6 is 0 Å². The van der Waals surface area contributed by atoms with Gasteiger partial charge in [0.2, 0.25) is 0 Å². The van der Waals surface area contributed by atoms with Crippen molar-refractivity contribution in [2.24, 2.45) is 11.8 Å². The average molecular weight is 195 g/mol. The van der Waals surface area contributed by atoms with E-state index in [1.54, 1.807) is 11.8 Å². The lowest BCUT2D eigenvalue weighted by Gasteiger charge is -2.34. The molecule has 3 heteroatoms. The van der Waals surface area contributed by atoms with Crippen molar-refractivity contribution in [1.29, 1.82) is 0 Å². The Morgan fingerprint density at radius 2 is 2.29 bits per heavy atom. The number of hydrogen-bond donors (Lipinski definition) is 1. The third-order valence-electron chi connectivity index (χ3n) is 2.52. The van der Waals surface area contributed by atoms with Crippen LogP contribution in [0.25, 0.3) is 0 Å². The summed E-state index contributed by atoms with van der Waals surface area (Å²) in [5.74, 6) is 5.72. The lowest BCUT2D eigenvalue weighted by Crippen LogP contribution is -2.43. The predicted octanol–water partition coefficient (Wildman–Crippen LogP) is 0.487. The van der Waals surface area contributed by atoms with Gasteiger partial charge in [0.05, 0.1) is 0 Å². The Balaban J connectivity index is 2.59.